The van der Waals surface area contributed by atoms with Crippen LogP contribution in [0, 0.1) is 0 Å². The second-order valence-corrected chi connectivity index (χ2v) is 6.26. The summed E-state index contributed by atoms with van der Waals surface area (Å²) in [6.45, 7) is 4.08. The lowest BCUT2D eigenvalue weighted by Gasteiger charge is -2.13. The van der Waals surface area contributed by atoms with Gasteiger partial charge in [-0.3, -0.25) is 4.98 Å². The molecule has 3 aromatic rings. The molecule has 2 heterocycles. The topological polar surface area (TPSA) is 35.0 Å². The zero-order valence-corrected chi connectivity index (χ0v) is 13.5. The Balaban J connectivity index is 1.81. The lowest BCUT2D eigenvalue weighted by molar-refractivity contribution is 0.240. The molecule has 0 saturated carbocycles. The summed E-state index contributed by atoms with van der Waals surface area (Å²) in [5, 5.41) is 3.16. The molecule has 0 spiro atoms. The molecule has 112 valence electrons. The highest BCUT2D eigenvalue weighted by molar-refractivity contribution is 7.10. The van der Waals surface area contributed by atoms with Crippen molar-refractivity contribution in [2.24, 2.45) is 0 Å². The van der Waals surface area contributed by atoms with Crippen LogP contribution in [0.1, 0.15) is 24.4 Å². The van der Waals surface area contributed by atoms with Gasteiger partial charge in [0, 0.05) is 35.3 Å². The number of ether oxygens (including phenoxy) is 1. The average Bonchev–Trinajstić information content (AvgIpc) is 2.98. The van der Waals surface area contributed by atoms with Gasteiger partial charge in [-0.1, -0.05) is 18.2 Å². The highest BCUT2D eigenvalue weighted by atomic mass is 32.1. The molecule has 22 heavy (non-hydrogen) atoms. The van der Waals surface area contributed by atoms with E-state index >= 15 is 0 Å². The third-order valence-corrected chi connectivity index (χ3v) is 4.03. The molecular formula is C18H18N2OS. The molecule has 1 aromatic carbocycles. The molecule has 0 bridgehead atoms. The lowest BCUT2D eigenvalue weighted by Crippen LogP contribution is -2.07. The molecular weight excluding hydrogens is 292 g/mol. The van der Waals surface area contributed by atoms with Gasteiger partial charge in [0.05, 0.1) is 16.8 Å². The maximum Gasteiger partial charge on any atom is 0.123 e. The number of hydrogen-bond donors (Lipinski definition) is 0. The molecule has 0 aliphatic rings. The van der Waals surface area contributed by atoms with Gasteiger partial charge in [-0.25, -0.2) is 4.98 Å². The van der Waals surface area contributed by atoms with Gasteiger partial charge in [0.2, 0.25) is 0 Å². The van der Waals surface area contributed by atoms with Crippen molar-refractivity contribution in [3.8, 4) is 17.0 Å². The molecule has 0 unspecified atom stereocenters. The molecule has 3 nitrogen and oxygen atoms in total. The molecule has 0 atom stereocenters. The van der Waals surface area contributed by atoms with E-state index in [1.165, 1.54) is 5.56 Å². The van der Waals surface area contributed by atoms with Crippen molar-refractivity contribution in [2.45, 2.75) is 26.4 Å². The fourth-order valence-corrected chi connectivity index (χ4v) is 3.05. The van der Waals surface area contributed by atoms with Gasteiger partial charge in [0.25, 0.3) is 0 Å². The first kappa shape index (κ1) is 14.7. The normalized spacial score (nSPS) is 10.9. The van der Waals surface area contributed by atoms with Crippen LogP contribution >= 0.6 is 11.3 Å². The van der Waals surface area contributed by atoms with E-state index < -0.39 is 0 Å². The third-order valence-electron chi connectivity index (χ3n) is 3.19. The molecule has 4 heteroatoms. The fraction of sp³-hybridized carbons (Fsp3) is 0.222. The molecule has 0 N–H and O–H groups in total. The predicted molar refractivity (Wildman–Crippen MR) is 90.4 cm³/mol. The summed E-state index contributed by atoms with van der Waals surface area (Å²) in [5.41, 5.74) is 3.20. The van der Waals surface area contributed by atoms with Crippen molar-refractivity contribution in [1.82, 2.24) is 9.97 Å². The first-order valence-corrected chi connectivity index (χ1v) is 8.19. The minimum absolute atomic E-state index is 0.170. The summed E-state index contributed by atoms with van der Waals surface area (Å²) in [7, 11) is 0. The second-order valence-electron chi connectivity index (χ2n) is 5.32. The maximum absolute atomic E-state index is 5.88. The Kier molecular flexibility index (Phi) is 4.49. The third kappa shape index (κ3) is 3.52. The molecule has 0 aliphatic carbocycles. The number of pyridine rings is 1. The van der Waals surface area contributed by atoms with Gasteiger partial charge in [-0.05, 0) is 32.0 Å². The number of aromatic nitrogens is 2. The van der Waals surface area contributed by atoms with E-state index in [-0.39, 0.29) is 6.10 Å². The van der Waals surface area contributed by atoms with E-state index in [0.717, 1.165) is 28.4 Å². The van der Waals surface area contributed by atoms with Crippen LogP contribution in [-0.4, -0.2) is 16.1 Å². The Bertz CT molecular complexity index is 738. The number of nitrogens with zero attached hydrogens (tertiary/aromatic N) is 2. The van der Waals surface area contributed by atoms with Crippen molar-refractivity contribution in [3.63, 3.8) is 0 Å². The highest BCUT2D eigenvalue weighted by Gasteiger charge is 2.09. The van der Waals surface area contributed by atoms with Gasteiger partial charge in [0.15, 0.2) is 0 Å². The monoisotopic (exact) mass is 310 g/mol. The Morgan fingerprint density at radius 1 is 1.14 bits per heavy atom. The van der Waals surface area contributed by atoms with Crippen LogP contribution in [0.15, 0.2) is 54.2 Å². The van der Waals surface area contributed by atoms with Crippen molar-refractivity contribution >= 4 is 11.3 Å². The minimum atomic E-state index is 0.170. The van der Waals surface area contributed by atoms with Crippen molar-refractivity contribution < 1.29 is 4.74 Å². The Hall–Kier alpha value is -2.20. The van der Waals surface area contributed by atoms with Crippen LogP contribution < -0.4 is 4.74 Å². The lowest BCUT2D eigenvalue weighted by atomic mass is 10.1. The van der Waals surface area contributed by atoms with E-state index in [1.54, 1.807) is 17.5 Å². The molecule has 2 aromatic heterocycles. The first-order valence-electron chi connectivity index (χ1n) is 7.32. The van der Waals surface area contributed by atoms with Crippen LogP contribution in [0.3, 0.4) is 0 Å². The summed E-state index contributed by atoms with van der Waals surface area (Å²) in [4.78, 5) is 8.86. The number of benzene rings is 1. The van der Waals surface area contributed by atoms with Crippen LogP contribution in [0.4, 0.5) is 0 Å². The summed E-state index contributed by atoms with van der Waals surface area (Å²) in [5.74, 6) is 0.940. The van der Waals surface area contributed by atoms with E-state index in [1.807, 2.05) is 50.4 Å². The molecule has 0 radical (unpaired) electrons. The van der Waals surface area contributed by atoms with Gasteiger partial charge < -0.3 is 4.74 Å². The van der Waals surface area contributed by atoms with Crippen LogP contribution in [-0.2, 0) is 6.42 Å². The van der Waals surface area contributed by atoms with E-state index in [2.05, 4.69) is 16.4 Å². The largest absolute Gasteiger partial charge is 0.491 e. The van der Waals surface area contributed by atoms with Crippen LogP contribution in [0.25, 0.3) is 11.3 Å². The first-order chi connectivity index (χ1) is 10.7. The SMILES string of the molecule is CC(C)Oc1ccccc1Cc1nc(-c2cccnc2)cs1. The van der Waals surface area contributed by atoms with E-state index in [9.17, 15) is 0 Å². The zero-order chi connectivity index (χ0) is 15.4. The second kappa shape index (κ2) is 6.71. The average molecular weight is 310 g/mol. The van der Waals surface area contributed by atoms with Crippen LogP contribution in [0.2, 0.25) is 0 Å². The maximum atomic E-state index is 5.88. The Labute approximate surface area is 134 Å². The molecule has 0 amide bonds. The summed E-state index contributed by atoms with van der Waals surface area (Å²) >= 11 is 1.67. The molecule has 3 rings (SSSR count). The smallest absolute Gasteiger partial charge is 0.123 e. The quantitative estimate of drug-likeness (QED) is 0.691. The van der Waals surface area contributed by atoms with Gasteiger partial charge >= 0.3 is 0 Å². The molecule has 0 aliphatic heterocycles. The van der Waals surface area contributed by atoms with E-state index in [4.69, 9.17) is 9.72 Å². The van der Waals surface area contributed by atoms with E-state index in [0.29, 0.717) is 0 Å². The fourth-order valence-electron chi connectivity index (χ4n) is 2.22. The number of para-hydroxylation sites is 1. The molecule has 0 fully saturated rings. The highest BCUT2D eigenvalue weighted by Crippen LogP contribution is 2.26. The summed E-state index contributed by atoms with van der Waals surface area (Å²) < 4.78 is 5.88. The number of hydrogen-bond acceptors (Lipinski definition) is 4. The van der Waals surface area contributed by atoms with Crippen molar-refractivity contribution in [3.05, 3.63) is 64.7 Å². The number of rotatable bonds is 5. The predicted octanol–water partition coefficient (Wildman–Crippen LogP) is 4.58. The summed E-state index contributed by atoms with van der Waals surface area (Å²) in [6, 6.07) is 12.1. The number of thiazole rings is 1. The van der Waals surface area contributed by atoms with Gasteiger partial charge in [-0.2, -0.15) is 0 Å². The summed E-state index contributed by atoms with van der Waals surface area (Å²) in [6.07, 6.45) is 4.57. The zero-order valence-electron chi connectivity index (χ0n) is 12.7. The van der Waals surface area contributed by atoms with Crippen molar-refractivity contribution in [2.75, 3.05) is 0 Å². The minimum Gasteiger partial charge on any atom is -0.491 e. The Morgan fingerprint density at radius 3 is 2.77 bits per heavy atom. The molecule has 0 saturated heterocycles. The van der Waals surface area contributed by atoms with Gasteiger partial charge in [0.1, 0.15) is 5.75 Å². The standard InChI is InChI=1S/C18H18N2OS/c1-13(2)21-17-8-4-3-6-14(17)10-18-20-16(12-22-18)15-7-5-9-19-11-15/h3-9,11-13H,10H2,1-2H3. The van der Waals surface area contributed by atoms with Gasteiger partial charge in [-0.15, -0.1) is 11.3 Å². The van der Waals surface area contributed by atoms with Crippen LogP contribution in [0.5, 0.6) is 5.75 Å². The van der Waals surface area contributed by atoms with Crippen molar-refractivity contribution in [1.29, 1.82) is 0 Å². The Morgan fingerprint density at radius 2 is 2.00 bits per heavy atom.